The fraction of sp³-hybridized carbons (Fsp3) is 0.692. The summed E-state index contributed by atoms with van der Waals surface area (Å²) in [6.45, 7) is 0.550. The molecule has 1 aromatic heterocycles. The fourth-order valence-corrected chi connectivity index (χ4v) is 3.16. The lowest BCUT2D eigenvalue weighted by Gasteiger charge is -2.30. The lowest BCUT2D eigenvalue weighted by Crippen LogP contribution is -2.30. The first-order valence-electron chi connectivity index (χ1n) is 6.25. The van der Waals surface area contributed by atoms with Gasteiger partial charge in [0.1, 0.15) is 6.10 Å². The first-order chi connectivity index (χ1) is 8.33. The van der Waals surface area contributed by atoms with Crippen LogP contribution in [-0.2, 0) is 9.47 Å². The zero-order valence-electron chi connectivity index (χ0n) is 10.3. The van der Waals surface area contributed by atoms with Gasteiger partial charge in [0.2, 0.25) is 0 Å². The smallest absolute Gasteiger partial charge is 0.104 e. The third kappa shape index (κ3) is 3.52. The van der Waals surface area contributed by atoms with E-state index in [1.54, 1.807) is 18.4 Å². The molecule has 1 aromatic rings. The van der Waals surface area contributed by atoms with Crippen molar-refractivity contribution in [3.8, 4) is 0 Å². The molecule has 0 radical (unpaired) electrons. The summed E-state index contributed by atoms with van der Waals surface area (Å²) in [6.07, 6.45) is 5.17. The van der Waals surface area contributed by atoms with Crippen LogP contribution in [0.25, 0.3) is 0 Å². The molecule has 2 N–H and O–H groups in total. The molecule has 2 rings (SSSR count). The lowest BCUT2D eigenvalue weighted by molar-refractivity contribution is -0.0622. The van der Waals surface area contributed by atoms with Crippen molar-refractivity contribution in [2.75, 3.05) is 13.7 Å². The van der Waals surface area contributed by atoms with Gasteiger partial charge in [-0.25, -0.2) is 0 Å². The molecule has 3 unspecified atom stereocenters. The van der Waals surface area contributed by atoms with Gasteiger partial charge in [0.25, 0.3) is 0 Å². The van der Waals surface area contributed by atoms with Crippen molar-refractivity contribution in [2.24, 2.45) is 5.73 Å². The Bertz CT molecular complexity index is 315. The SMILES string of the molecule is COC1CCCC(OC(CN)c2cccs2)C1. The minimum atomic E-state index is 0.0515. The maximum atomic E-state index is 6.12. The molecule has 96 valence electrons. The third-order valence-corrected chi connectivity index (χ3v) is 4.31. The van der Waals surface area contributed by atoms with Crippen LogP contribution in [0.2, 0.25) is 0 Å². The Morgan fingerprint density at radius 1 is 1.47 bits per heavy atom. The Balaban J connectivity index is 1.90. The van der Waals surface area contributed by atoms with Crippen LogP contribution < -0.4 is 5.73 Å². The minimum absolute atomic E-state index is 0.0515. The number of rotatable bonds is 5. The molecule has 3 atom stereocenters. The molecule has 1 fully saturated rings. The standard InChI is InChI=1S/C13H21NO2S/c1-15-10-4-2-5-11(8-10)16-12(9-14)13-6-3-7-17-13/h3,6-7,10-12H,2,4-5,8-9,14H2,1H3. The summed E-state index contributed by atoms with van der Waals surface area (Å²) in [6, 6.07) is 4.14. The van der Waals surface area contributed by atoms with E-state index in [-0.39, 0.29) is 6.10 Å². The van der Waals surface area contributed by atoms with Gasteiger partial charge in [0.05, 0.1) is 12.2 Å². The van der Waals surface area contributed by atoms with Crippen LogP contribution in [0.15, 0.2) is 17.5 Å². The zero-order valence-corrected chi connectivity index (χ0v) is 11.1. The van der Waals surface area contributed by atoms with E-state index in [0.717, 1.165) is 19.3 Å². The van der Waals surface area contributed by atoms with Crippen molar-refractivity contribution in [1.82, 2.24) is 0 Å². The van der Waals surface area contributed by atoms with E-state index >= 15 is 0 Å². The van der Waals surface area contributed by atoms with Gasteiger partial charge in [-0.05, 0) is 37.1 Å². The molecule has 1 aliphatic carbocycles. The van der Waals surface area contributed by atoms with Crippen LogP contribution in [0, 0.1) is 0 Å². The van der Waals surface area contributed by atoms with E-state index in [1.807, 2.05) is 6.07 Å². The number of thiophene rings is 1. The number of hydrogen-bond donors (Lipinski definition) is 1. The average Bonchev–Trinajstić information content (AvgIpc) is 2.90. The highest BCUT2D eigenvalue weighted by atomic mass is 32.1. The summed E-state index contributed by atoms with van der Waals surface area (Å²) in [7, 11) is 1.78. The molecule has 0 aromatic carbocycles. The van der Waals surface area contributed by atoms with Crippen LogP contribution in [0.5, 0.6) is 0 Å². The molecule has 0 bridgehead atoms. The van der Waals surface area contributed by atoms with Crippen molar-refractivity contribution in [1.29, 1.82) is 0 Å². The van der Waals surface area contributed by atoms with Gasteiger partial charge < -0.3 is 15.2 Å². The molecule has 1 aliphatic rings. The Hall–Kier alpha value is -0.420. The van der Waals surface area contributed by atoms with Crippen molar-refractivity contribution >= 4 is 11.3 Å². The van der Waals surface area contributed by atoms with E-state index in [9.17, 15) is 0 Å². The van der Waals surface area contributed by atoms with Crippen molar-refractivity contribution in [3.05, 3.63) is 22.4 Å². The Morgan fingerprint density at radius 3 is 2.94 bits per heavy atom. The predicted octanol–water partition coefficient (Wildman–Crippen LogP) is 2.72. The normalized spacial score (nSPS) is 26.9. The van der Waals surface area contributed by atoms with Crippen LogP contribution in [0.3, 0.4) is 0 Å². The summed E-state index contributed by atoms with van der Waals surface area (Å²) in [4.78, 5) is 1.23. The number of ether oxygens (including phenoxy) is 2. The van der Waals surface area contributed by atoms with E-state index in [4.69, 9.17) is 15.2 Å². The second kappa shape index (κ2) is 6.50. The van der Waals surface area contributed by atoms with E-state index in [0.29, 0.717) is 18.8 Å². The van der Waals surface area contributed by atoms with Gasteiger partial charge in [0, 0.05) is 18.5 Å². The number of nitrogens with two attached hydrogens (primary N) is 1. The first-order valence-corrected chi connectivity index (χ1v) is 7.13. The molecule has 17 heavy (non-hydrogen) atoms. The van der Waals surface area contributed by atoms with Crippen molar-refractivity contribution < 1.29 is 9.47 Å². The van der Waals surface area contributed by atoms with Crippen molar-refractivity contribution in [3.63, 3.8) is 0 Å². The van der Waals surface area contributed by atoms with Crippen LogP contribution in [0.1, 0.15) is 36.7 Å². The Labute approximate surface area is 107 Å². The van der Waals surface area contributed by atoms with E-state index < -0.39 is 0 Å². The van der Waals surface area contributed by atoms with Crippen LogP contribution >= 0.6 is 11.3 Å². The average molecular weight is 255 g/mol. The largest absolute Gasteiger partial charge is 0.381 e. The quantitative estimate of drug-likeness (QED) is 0.880. The molecule has 0 aliphatic heterocycles. The van der Waals surface area contributed by atoms with E-state index in [1.165, 1.54) is 11.3 Å². The van der Waals surface area contributed by atoms with Gasteiger partial charge >= 0.3 is 0 Å². The summed E-state index contributed by atoms with van der Waals surface area (Å²) in [5.74, 6) is 0. The van der Waals surface area contributed by atoms with Gasteiger partial charge in [-0.2, -0.15) is 0 Å². The third-order valence-electron chi connectivity index (χ3n) is 3.34. The molecule has 1 saturated carbocycles. The van der Waals surface area contributed by atoms with Crippen LogP contribution in [0.4, 0.5) is 0 Å². The van der Waals surface area contributed by atoms with Crippen molar-refractivity contribution in [2.45, 2.75) is 44.0 Å². The maximum Gasteiger partial charge on any atom is 0.104 e. The molecule has 4 heteroatoms. The minimum Gasteiger partial charge on any atom is -0.381 e. The second-order valence-electron chi connectivity index (χ2n) is 4.52. The lowest BCUT2D eigenvalue weighted by atomic mass is 9.94. The predicted molar refractivity (Wildman–Crippen MR) is 70.3 cm³/mol. The van der Waals surface area contributed by atoms with Gasteiger partial charge in [-0.15, -0.1) is 11.3 Å². The summed E-state index contributed by atoms with van der Waals surface area (Å²) in [5, 5.41) is 2.07. The van der Waals surface area contributed by atoms with Gasteiger partial charge in [0.15, 0.2) is 0 Å². The molecule has 0 saturated heterocycles. The summed E-state index contributed by atoms with van der Waals surface area (Å²) >= 11 is 1.71. The summed E-state index contributed by atoms with van der Waals surface area (Å²) < 4.78 is 11.5. The highest BCUT2D eigenvalue weighted by Crippen LogP contribution is 2.29. The number of methoxy groups -OCH3 is 1. The van der Waals surface area contributed by atoms with E-state index in [2.05, 4.69) is 11.4 Å². The van der Waals surface area contributed by atoms with Gasteiger partial charge in [-0.3, -0.25) is 0 Å². The van der Waals surface area contributed by atoms with Crippen LogP contribution in [-0.4, -0.2) is 25.9 Å². The number of hydrogen-bond acceptors (Lipinski definition) is 4. The Kier molecular flexibility index (Phi) is 4.98. The molecule has 3 nitrogen and oxygen atoms in total. The highest BCUT2D eigenvalue weighted by Gasteiger charge is 2.25. The molecule has 0 amide bonds. The molecule has 0 spiro atoms. The monoisotopic (exact) mass is 255 g/mol. The highest BCUT2D eigenvalue weighted by molar-refractivity contribution is 7.10. The molecular formula is C13H21NO2S. The second-order valence-corrected chi connectivity index (χ2v) is 5.50. The first kappa shape index (κ1) is 13.0. The fourth-order valence-electron chi connectivity index (χ4n) is 2.39. The Morgan fingerprint density at radius 2 is 2.29 bits per heavy atom. The van der Waals surface area contributed by atoms with Gasteiger partial charge in [-0.1, -0.05) is 6.07 Å². The molecular weight excluding hydrogens is 234 g/mol. The topological polar surface area (TPSA) is 44.5 Å². The maximum absolute atomic E-state index is 6.12. The molecule has 1 heterocycles. The zero-order chi connectivity index (χ0) is 12.1. The summed E-state index contributed by atoms with van der Waals surface area (Å²) in [5.41, 5.74) is 5.80.